The molecule has 1 saturated carbocycles. The zero-order valence-corrected chi connectivity index (χ0v) is 10.6. The Morgan fingerprint density at radius 1 is 1.53 bits per heavy atom. The molecule has 0 spiro atoms. The summed E-state index contributed by atoms with van der Waals surface area (Å²) in [4.78, 5) is 4.40. The Hall–Kier alpha value is -1.35. The van der Waals surface area contributed by atoms with Gasteiger partial charge in [0, 0.05) is 18.7 Å². The van der Waals surface area contributed by atoms with Crippen molar-refractivity contribution >= 4 is 6.08 Å². The normalized spacial score (nSPS) is 16.0. The number of ether oxygens (including phenoxy) is 1. The zero-order valence-electron chi connectivity index (χ0n) is 10.6. The highest BCUT2D eigenvalue weighted by Crippen LogP contribution is 2.19. The highest BCUT2D eigenvalue weighted by atomic mass is 16.5. The van der Waals surface area contributed by atoms with Crippen molar-refractivity contribution in [2.75, 3.05) is 13.7 Å². The summed E-state index contributed by atoms with van der Waals surface area (Å²) in [6.45, 7) is 3.15. The summed E-state index contributed by atoms with van der Waals surface area (Å²) in [7, 11) is 1.64. The van der Waals surface area contributed by atoms with Gasteiger partial charge in [0.05, 0.1) is 12.8 Å². The van der Waals surface area contributed by atoms with E-state index in [1.54, 1.807) is 7.11 Å². The lowest BCUT2D eigenvalue weighted by Gasteiger charge is -2.06. The molecule has 3 nitrogen and oxygen atoms in total. The monoisotopic (exact) mass is 232 g/mol. The molecule has 0 aliphatic heterocycles. The highest BCUT2D eigenvalue weighted by Gasteiger charge is 2.20. The number of nitrogens with zero attached hydrogens (tertiary/aromatic N) is 1. The fraction of sp³-hybridized carbons (Fsp3) is 0.500. The fourth-order valence-corrected chi connectivity index (χ4v) is 1.67. The molecule has 1 fully saturated rings. The molecule has 1 aliphatic carbocycles. The molecule has 1 N–H and O–H groups in total. The topological polar surface area (TPSA) is 34.1 Å². The summed E-state index contributed by atoms with van der Waals surface area (Å²) < 4.78 is 5.12. The van der Waals surface area contributed by atoms with Crippen molar-refractivity contribution in [2.45, 2.75) is 32.2 Å². The van der Waals surface area contributed by atoms with Crippen LogP contribution < -0.4 is 10.1 Å². The van der Waals surface area contributed by atoms with Gasteiger partial charge >= 0.3 is 0 Å². The predicted octanol–water partition coefficient (Wildman–Crippen LogP) is 2.64. The molecule has 0 radical (unpaired) electrons. The van der Waals surface area contributed by atoms with Crippen molar-refractivity contribution in [1.29, 1.82) is 0 Å². The second kappa shape index (κ2) is 5.82. The van der Waals surface area contributed by atoms with Crippen LogP contribution in [0, 0.1) is 0 Å². The van der Waals surface area contributed by atoms with Crippen molar-refractivity contribution in [3.05, 3.63) is 29.5 Å². The molecule has 17 heavy (non-hydrogen) atoms. The zero-order chi connectivity index (χ0) is 12.1. The fourth-order valence-electron chi connectivity index (χ4n) is 1.67. The first kappa shape index (κ1) is 12.1. The van der Waals surface area contributed by atoms with Crippen molar-refractivity contribution in [2.24, 2.45) is 0 Å². The third kappa shape index (κ3) is 3.86. The molecule has 0 unspecified atom stereocenters. The van der Waals surface area contributed by atoms with E-state index in [0.29, 0.717) is 5.88 Å². The van der Waals surface area contributed by atoms with E-state index in [-0.39, 0.29) is 0 Å². The first-order valence-electron chi connectivity index (χ1n) is 6.25. The molecule has 1 aliphatic rings. The van der Waals surface area contributed by atoms with Crippen LogP contribution in [0.3, 0.4) is 0 Å². The average Bonchev–Trinajstić information content (AvgIpc) is 3.18. The number of rotatable bonds is 6. The Balaban J connectivity index is 2.01. The third-order valence-corrected chi connectivity index (χ3v) is 2.96. The molecular weight excluding hydrogens is 212 g/mol. The van der Waals surface area contributed by atoms with Gasteiger partial charge in [0.15, 0.2) is 0 Å². The maximum Gasteiger partial charge on any atom is 0.213 e. The minimum Gasteiger partial charge on any atom is -0.481 e. The van der Waals surface area contributed by atoms with E-state index in [4.69, 9.17) is 4.74 Å². The molecule has 92 valence electrons. The molecule has 1 aromatic rings. The van der Waals surface area contributed by atoms with Crippen LogP contribution in [-0.4, -0.2) is 24.7 Å². The van der Waals surface area contributed by atoms with Gasteiger partial charge in [-0.1, -0.05) is 18.6 Å². The lowest BCUT2D eigenvalue weighted by molar-refractivity contribution is 0.397. The van der Waals surface area contributed by atoms with Crippen LogP contribution in [0.2, 0.25) is 0 Å². The number of hydrogen-bond donors (Lipinski definition) is 1. The van der Waals surface area contributed by atoms with Gasteiger partial charge in [0.2, 0.25) is 5.88 Å². The average molecular weight is 232 g/mol. The van der Waals surface area contributed by atoms with Crippen LogP contribution >= 0.6 is 0 Å². The number of aromatic nitrogens is 1. The molecule has 0 bridgehead atoms. The minimum atomic E-state index is 0.671. The van der Waals surface area contributed by atoms with Gasteiger partial charge < -0.3 is 10.1 Å². The Kier molecular flexibility index (Phi) is 4.15. The molecule has 0 saturated heterocycles. The van der Waals surface area contributed by atoms with Gasteiger partial charge in [-0.25, -0.2) is 4.98 Å². The van der Waals surface area contributed by atoms with Crippen LogP contribution in [0.4, 0.5) is 0 Å². The largest absolute Gasteiger partial charge is 0.481 e. The number of methoxy groups -OCH3 is 1. The molecular formula is C14H20N2O. The minimum absolute atomic E-state index is 0.671. The van der Waals surface area contributed by atoms with Crippen LogP contribution in [0.25, 0.3) is 6.08 Å². The summed E-state index contributed by atoms with van der Waals surface area (Å²) >= 11 is 0. The molecule has 2 rings (SSSR count). The van der Waals surface area contributed by atoms with Gasteiger partial charge in [-0.3, -0.25) is 0 Å². The Labute approximate surface area is 103 Å². The van der Waals surface area contributed by atoms with Crippen molar-refractivity contribution in [3.8, 4) is 5.88 Å². The van der Waals surface area contributed by atoms with Gasteiger partial charge in [-0.2, -0.15) is 0 Å². The van der Waals surface area contributed by atoms with E-state index >= 15 is 0 Å². The van der Waals surface area contributed by atoms with Crippen molar-refractivity contribution in [1.82, 2.24) is 10.3 Å². The molecule has 0 atom stereocenters. The lowest BCUT2D eigenvalue weighted by atomic mass is 10.1. The smallest absolute Gasteiger partial charge is 0.213 e. The Morgan fingerprint density at radius 3 is 3.00 bits per heavy atom. The summed E-state index contributed by atoms with van der Waals surface area (Å²) in [5, 5.41) is 3.53. The van der Waals surface area contributed by atoms with E-state index in [1.807, 2.05) is 18.2 Å². The first-order valence-corrected chi connectivity index (χ1v) is 6.25. The van der Waals surface area contributed by atoms with Crippen LogP contribution in [0.5, 0.6) is 5.88 Å². The second-order valence-electron chi connectivity index (χ2n) is 4.42. The Bertz CT molecular complexity index is 397. The van der Waals surface area contributed by atoms with Crippen LogP contribution in [0.15, 0.2) is 23.8 Å². The molecule has 0 aromatic carbocycles. The van der Waals surface area contributed by atoms with Gasteiger partial charge in [-0.05, 0) is 31.4 Å². The van der Waals surface area contributed by atoms with Gasteiger partial charge in [0.1, 0.15) is 0 Å². The predicted molar refractivity (Wildman–Crippen MR) is 70.1 cm³/mol. The summed E-state index contributed by atoms with van der Waals surface area (Å²) in [5.74, 6) is 0.671. The molecule has 1 aromatic heterocycles. The number of hydrogen-bond acceptors (Lipinski definition) is 3. The van der Waals surface area contributed by atoms with E-state index in [2.05, 4.69) is 23.3 Å². The quantitative estimate of drug-likeness (QED) is 0.818. The van der Waals surface area contributed by atoms with Gasteiger partial charge in [0.25, 0.3) is 0 Å². The second-order valence-corrected chi connectivity index (χ2v) is 4.42. The lowest BCUT2D eigenvalue weighted by Crippen LogP contribution is -2.18. The third-order valence-electron chi connectivity index (χ3n) is 2.96. The van der Waals surface area contributed by atoms with Crippen molar-refractivity contribution < 1.29 is 4.74 Å². The molecule has 3 heteroatoms. The number of nitrogens with one attached hydrogen (secondary N) is 1. The van der Waals surface area contributed by atoms with E-state index < -0.39 is 0 Å². The highest BCUT2D eigenvalue weighted by molar-refractivity contribution is 5.50. The summed E-state index contributed by atoms with van der Waals surface area (Å²) in [6, 6.07) is 6.60. The van der Waals surface area contributed by atoms with E-state index in [9.17, 15) is 0 Å². The standard InChI is InChI=1S/C14H20N2O/c1-3-11(10-15-12-7-8-12)9-13-5-4-6-14(16-13)17-2/h4-6,9,12,15H,3,7-8,10H2,1-2H3/b11-9-. The van der Waals surface area contributed by atoms with E-state index in [1.165, 1.54) is 18.4 Å². The Morgan fingerprint density at radius 2 is 2.35 bits per heavy atom. The molecule has 1 heterocycles. The summed E-state index contributed by atoms with van der Waals surface area (Å²) in [6.07, 6.45) is 5.86. The van der Waals surface area contributed by atoms with E-state index in [0.717, 1.165) is 24.7 Å². The van der Waals surface area contributed by atoms with Crippen LogP contribution in [0.1, 0.15) is 31.9 Å². The maximum absolute atomic E-state index is 5.12. The van der Waals surface area contributed by atoms with Gasteiger partial charge in [-0.15, -0.1) is 0 Å². The number of pyridine rings is 1. The maximum atomic E-state index is 5.12. The SMILES string of the molecule is CC/C(=C/c1cccc(OC)n1)CNC1CC1. The van der Waals surface area contributed by atoms with Crippen molar-refractivity contribution in [3.63, 3.8) is 0 Å². The van der Waals surface area contributed by atoms with Crippen LogP contribution in [-0.2, 0) is 0 Å². The summed E-state index contributed by atoms with van der Waals surface area (Å²) in [5.41, 5.74) is 2.36. The first-order chi connectivity index (χ1) is 8.31. The molecule has 0 amide bonds.